The second-order valence-corrected chi connectivity index (χ2v) is 11.0. The zero-order valence-corrected chi connectivity index (χ0v) is 24.7. The molecule has 43 heavy (non-hydrogen) atoms. The van der Waals surface area contributed by atoms with Crippen LogP contribution in [0.25, 0.3) is 0 Å². The zero-order chi connectivity index (χ0) is 31.0. The summed E-state index contributed by atoms with van der Waals surface area (Å²) >= 11 is 0. The lowest BCUT2D eigenvalue weighted by atomic mass is 9.83. The van der Waals surface area contributed by atoms with Gasteiger partial charge in [-0.3, -0.25) is 14.6 Å². The summed E-state index contributed by atoms with van der Waals surface area (Å²) in [4.78, 5) is 31.5. The highest BCUT2D eigenvalue weighted by atomic mass is 35.5. The number of urea groups is 1. The van der Waals surface area contributed by atoms with Crippen molar-refractivity contribution in [2.45, 2.75) is 56.5 Å². The maximum atomic E-state index is 13.8. The fraction of sp³-hybridized carbons (Fsp3) is 0.517. The molecular formula is C29H34ClF7N4O2. The molecule has 2 heterocycles. The van der Waals surface area contributed by atoms with Gasteiger partial charge in [0, 0.05) is 70.9 Å². The lowest BCUT2D eigenvalue weighted by Gasteiger charge is -2.47. The van der Waals surface area contributed by atoms with Crippen molar-refractivity contribution >= 4 is 30.0 Å². The van der Waals surface area contributed by atoms with Gasteiger partial charge in [-0.05, 0) is 55.2 Å². The van der Waals surface area contributed by atoms with Crippen LogP contribution in [0.5, 0.6) is 0 Å². The Labute approximate surface area is 251 Å². The largest absolute Gasteiger partial charge is 0.416 e. The van der Waals surface area contributed by atoms with E-state index >= 15 is 0 Å². The minimum absolute atomic E-state index is 0. The van der Waals surface area contributed by atoms with Crippen molar-refractivity contribution in [3.05, 3.63) is 65.0 Å². The first kappa shape index (κ1) is 34.4. The summed E-state index contributed by atoms with van der Waals surface area (Å²) in [5, 5.41) is 0. The monoisotopic (exact) mass is 638 g/mol. The third kappa shape index (κ3) is 7.91. The Hall–Kier alpha value is -3.06. The Kier molecular flexibility index (Phi) is 10.6. The van der Waals surface area contributed by atoms with Gasteiger partial charge in [0.15, 0.2) is 0 Å². The Morgan fingerprint density at radius 2 is 1.37 bits per heavy atom. The predicted molar refractivity (Wildman–Crippen MR) is 150 cm³/mol. The molecule has 2 saturated heterocycles. The van der Waals surface area contributed by atoms with Gasteiger partial charge in [0.2, 0.25) is 5.91 Å². The molecule has 2 aliphatic rings. The summed E-state index contributed by atoms with van der Waals surface area (Å²) in [6.45, 7) is 3.88. The van der Waals surface area contributed by atoms with Crippen molar-refractivity contribution in [3.8, 4) is 0 Å². The van der Waals surface area contributed by atoms with Gasteiger partial charge in [-0.15, -0.1) is 12.4 Å². The Balaban J connectivity index is 0.00000506. The van der Waals surface area contributed by atoms with E-state index in [1.807, 2.05) is 0 Å². The molecule has 0 radical (unpaired) electrons. The first-order chi connectivity index (χ1) is 19.6. The van der Waals surface area contributed by atoms with Gasteiger partial charge in [-0.2, -0.15) is 26.3 Å². The molecule has 0 N–H and O–H groups in total. The van der Waals surface area contributed by atoms with Crippen LogP contribution in [-0.2, 0) is 17.1 Å². The molecule has 238 valence electrons. The summed E-state index contributed by atoms with van der Waals surface area (Å²) in [5.74, 6) is -0.725. The molecule has 6 nitrogen and oxygen atoms in total. The van der Waals surface area contributed by atoms with E-state index in [1.54, 1.807) is 17.0 Å². The van der Waals surface area contributed by atoms with Crippen LogP contribution in [0.4, 0.5) is 41.2 Å². The van der Waals surface area contributed by atoms with Crippen LogP contribution in [-0.4, -0.2) is 79.0 Å². The third-order valence-corrected chi connectivity index (χ3v) is 8.38. The van der Waals surface area contributed by atoms with E-state index in [0.717, 1.165) is 30.4 Å². The van der Waals surface area contributed by atoms with Crippen molar-refractivity contribution in [3.63, 3.8) is 0 Å². The highest BCUT2D eigenvalue weighted by Gasteiger charge is 2.40. The molecule has 2 aromatic rings. The average Bonchev–Trinajstić information content (AvgIpc) is 2.95. The molecule has 2 fully saturated rings. The molecule has 0 saturated carbocycles. The molecule has 2 aliphatic heterocycles. The summed E-state index contributed by atoms with van der Waals surface area (Å²) in [6, 6.07) is 5.89. The van der Waals surface area contributed by atoms with Gasteiger partial charge in [0.1, 0.15) is 5.82 Å². The van der Waals surface area contributed by atoms with E-state index in [0.29, 0.717) is 44.7 Å². The molecule has 0 spiro atoms. The first-order valence-electron chi connectivity index (χ1n) is 13.6. The number of carbonyl (C=O) groups is 2. The van der Waals surface area contributed by atoms with E-state index in [-0.39, 0.29) is 36.3 Å². The molecule has 0 aliphatic carbocycles. The summed E-state index contributed by atoms with van der Waals surface area (Å²) < 4.78 is 94.4. The number of amides is 3. The van der Waals surface area contributed by atoms with Crippen LogP contribution in [0.1, 0.15) is 48.8 Å². The van der Waals surface area contributed by atoms with Crippen molar-refractivity contribution in [1.82, 2.24) is 14.7 Å². The van der Waals surface area contributed by atoms with Gasteiger partial charge < -0.3 is 9.80 Å². The molecule has 2 atom stereocenters. The fourth-order valence-corrected chi connectivity index (χ4v) is 5.96. The maximum absolute atomic E-state index is 13.8. The lowest BCUT2D eigenvalue weighted by molar-refractivity contribution is -0.143. The van der Waals surface area contributed by atoms with Gasteiger partial charge in [0.25, 0.3) is 0 Å². The van der Waals surface area contributed by atoms with Crippen molar-refractivity contribution in [2.24, 2.45) is 0 Å². The van der Waals surface area contributed by atoms with Gasteiger partial charge in [0.05, 0.1) is 11.1 Å². The van der Waals surface area contributed by atoms with E-state index < -0.39 is 47.1 Å². The Morgan fingerprint density at radius 1 is 0.837 bits per heavy atom. The number of piperidine rings is 2. The molecule has 0 bridgehead atoms. The molecule has 3 amide bonds. The SMILES string of the molecule is CC(=O)N1CCC(N2CC[C@@H](N(C)C(=O)N(C)c3cc(C(F)(F)F)cc(C(F)(F)F)c3)[C@H](c3ccc(F)cc3)C2)CC1.Cl. The molecule has 14 heteroatoms. The van der Waals surface area contributed by atoms with E-state index in [1.165, 1.54) is 31.0 Å². The second kappa shape index (κ2) is 13.3. The smallest absolute Gasteiger partial charge is 0.343 e. The van der Waals surface area contributed by atoms with Crippen LogP contribution in [0, 0.1) is 5.82 Å². The highest BCUT2D eigenvalue weighted by molar-refractivity contribution is 5.92. The normalized spacial score (nSPS) is 20.4. The number of hydrogen-bond donors (Lipinski definition) is 0. The molecular weight excluding hydrogens is 605 g/mol. The number of nitrogens with zero attached hydrogens (tertiary/aromatic N) is 4. The topological polar surface area (TPSA) is 47.1 Å². The quantitative estimate of drug-likeness (QED) is 0.353. The van der Waals surface area contributed by atoms with Gasteiger partial charge in [-0.25, -0.2) is 9.18 Å². The van der Waals surface area contributed by atoms with Crippen molar-refractivity contribution in [1.29, 1.82) is 0 Å². The standard InChI is InChI=1S/C29H33F7N4O2.ClH/c1-18(41)39-11-8-23(9-12-39)40-13-10-26(25(17-40)19-4-6-22(30)7-5-19)38(3)27(42)37(2)24-15-20(28(31,32)33)14-21(16-24)29(34,35)36;/h4-7,14-16,23,25-26H,8-13,17H2,1-3H3;1H/t25-,26+;/m0./s1. The first-order valence-corrected chi connectivity index (χ1v) is 13.6. The summed E-state index contributed by atoms with van der Waals surface area (Å²) in [5.41, 5.74) is -2.80. The molecule has 0 aromatic heterocycles. The van der Waals surface area contributed by atoms with Gasteiger partial charge in [-0.1, -0.05) is 12.1 Å². The number of likely N-dealkylation sites (tertiary alicyclic amines) is 2. The summed E-state index contributed by atoms with van der Waals surface area (Å²) in [6.07, 6.45) is -8.08. The van der Waals surface area contributed by atoms with Crippen LogP contribution in [0.3, 0.4) is 0 Å². The van der Waals surface area contributed by atoms with Crippen molar-refractivity contribution in [2.75, 3.05) is 45.2 Å². The summed E-state index contributed by atoms with van der Waals surface area (Å²) in [7, 11) is 2.61. The minimum atomic E-state index is -5.05. The van der Waals surface area contributed by atoms with Crippen LogP contribution in [0.15, 0.2) is 42.5 Å². The Morgan fingerprint density at radius 3 is 1.86 bits per heavy atom. The maximum Gasteiger partial charge on any atom is 0.416 e. The fourth-order valence-electron chi connectivity index (χ4n) is 5.96. The van der Waals surface area contributed by atoms with E-state index in [4.69, 9.17) is 0 Å². The molecule has 2 aromatic carbocycles. The van der Waals surface area contributed by atoms with E-state index in [9.17, 15) is 40.3 Å². The lowest BCUT2D eigenvalue weighted by Crippen LogP contribution is -2.56. The van der Waals surface area contributed by atoms with Crippen LogP contribution in [0.2, 0.25) is 0 Å². The number of hydrogen-bond acceptors (Lipinski definition) is 3. The minimum Gasteiger partial charge on any atom is -0.343 e. The number of anilines is 1. The van der Waals surface area contributed by atoms with E-state index in [2.05, 4.69) is 4.90 Å². The Bertz CT molecular complexity index is 1250. The van der Waals surface area contributed by atoms with Crippen LogP contribution < -0.4 is 4.90 Å². The number of carbonyl (C=O) groups excluding carboxylic acids is 2. The second-order valence-electron chi connectivity index (χ2n) is 11.0. The number of benzene rings is 2. The predicted octanol–water partition coefficient (Wildman–Crippen LogP) is 6.64. The highest BCUT2D eigenvalue weighted by Crippen LogP contribution is 2.39. The number of rotatable bonds is 4. The number of halogens is 8. The molecule has 0 unspecified atom stereocenters. The van der Waals surface area contributed by atoms with Crippen LogP contribution >= 0.6 is 12.4 Å². The third-order valence-electron chi connectivity index (χ3n) is 8.38. The average molecular weight is 639 g/mol. The van der Waals surface area contributed by atoms with Gasteiger partial charge >= 0.3 is 18.4 Å². The van der Waals surface area contributed by atoms with Crippen molar-refractivity contribution < 1.29 is 40.3 Å². The zero-order valence-electron chi connectivity index (χ0n) is 23.9. The number of likely N-dealkylation sites (N-methyl/N-ethyl adjacent to an activating group) is 1. The number of alkyl halides is 6. The molecule has 4 rings (SSSR count).